The summed E-state index contributed by atoms with van der Waals surface area (Å²) in [4.78, 5) is 48.9. The minimum absolute atomic E-state index is 0.150. The quantitative estimate of drug-likeness (QED) is 0.624. The highest BCUT2D eigenvalue weighted by Gasteiger charge is 2.18. The van der Waals surface area contributed by atoms with Crippen molar-refractivity contribution in [2.45, 2.75) is 26.4 Å². The summed E-state index contributed by atoms with van der Waals surface area (Å²) in [7, 11) is 1.22. The maximum Gasteiger partial charge on any atom is 0.407 e. The zero-order chi connectivity index (χ0) is 21.2. The van der Waals surface area contributed by atoms with Crippen LogP contribution in [0.3, 0.4) is 0 Å². The number of nitrogens with one attached hydrogen (secondary N) is 2. The topological polar surface area (TPSA) is 114 Å². The molecule has 9 nitrogen and oxygen atoms in total. The Morgan fingerprint density at radius 1 is 1.07 bits per heavy atom. The van der Waals surface area contributed by atoms with Gasteiger partial charge in [-0.3, -0.25) is 14.4 Å². The van der Waals surface area contributed by atoms with Gasteiger partial charge < -0.3 is 25.0 Å². The molecule has 1 aromatic rings. The second-order valence-corrected chi connectivity index (χ2v) is 6.86. The Labute approximate surface area is 164 Å². The van der Waals surface area contributed by atoms with E-state index in [0.717, 1.165) is 0 Å². The van der Waals surface area contributed by atoms with E-state index in [1.807, 2.05) is 0 Å². The number of rotatable bonds is 8. The van der Waals surface area contributed by atoms with Gasteiger partial charge in [-0.05, 0) is 32.9 Å². The van der Waals surface area contributed by atoms with Crippen LogP contribution in [0, 0.1) is 0 Å². The lowest BCUT2D eigenvalue weighted by Gasteiger charge is -2.24. The molecule has 154 valence electrons. The smallest absolute Gasteiger partial charge is 0.407 e. The summed E-state index contributed by atoms with van der Waals surface area (Å²) in [6, 6.07) is 7.94. The Balaban J connectivity index is 2.80. The van der Waals surface area contributed by atoms with Crippen molar-refractivity contribution in [2.75, 3.05) is 38.2 Å². The van der Waals surface area contributed by atoms with Crippen LogP contribution in [0.15, 0.2) is 35.1 Å². The van der Waals surface area contributed by atoms with Crippen LogP contribution in [-0.2, 0) is 19.1 Å². The average molecular weight is 393 g/mol. The van der Waals surface area contributed by atoms with Crippen LogP contribution in [0.5, 0.6) is 0 Å². The van der Waals surface area contributed by atoms with Crippen molar-refractivity contribution in [3.05, 3.63) is 40.6 Å². The van der Waals surface area contributed by atoms with Crippen LogP contribution in [0.4, 0.5) is 10.5 Å². The number of ether oxygens (including phenoxy) is 2. The maximum atomic E-state index is 12.3. The molecular formula is C19H27N3O6. The summed E-state index contributed by atoms with van der Waals surface area (Å²) < 4.78 is 9.64. The van der Waals surface area contributed by atoms with Gasteiger partial charge in [0.05, 0.1) is 19.3 Å². The molecule has 0 aliphatic rings. The Morgan fingerprint density at radius 3 is 2.39 bits per heavy atom. The van der Waals surface area contributed by atoms with Crippen LogP contribution in [0.25, 0.3) is 0 Å². The van der Waals surface area contributed by atoms with E-state index in [0.29, 0.717) is 5.69 Å². The van der Waals surface area contributed by atoms with Gasteiger partial charge in [0.2, 0.25) is 11.3 Å². The van der Waals surface area contributed by atoms with Crippen LogP contribution in [0.2, 0.25) is 0 Å². The van der Waals surface area contributed by atoms with E-state index in [9.17, 15) is 19.2 Å². The largest absolute Gasteiger partial charge is 0.468 e. The SMILES string of the molecule is COC(=O)CNC(=O)CN(CCNC(=O)OC(C)(C)C)c1cccccc1=O. The number of hydrogen-bond acceptors (Lipinski definition) is 7. The fourth-order valence-electron chi connectivity index (χ4n) is 2.15. The van der Waals surface area contributed by atoms with Crippen molar-refractivity contribution in [1.82, 2.24) is 10.6 Å². The molecule has 0 spiro atoms. The predicted octanol–water partition coefficient (Wildman–Crippen LogP) is 0.667. The second-order valence-electron chi connectivity index (χ2n) is 6.86. The second kappa shape index (κ2) is 10.9. The molecule has 0 heterocycles. The van der Waals surface area contributed by atoms with Crippen molar-refractivity contribution >= 4 is 23.7 Å². The molecule has 0 saturated carbocycles. The summed E-state index contributed by atoms with van der Waals surface area (Å²) in [5.41, 5.74) is -0.611. The van der Waals surface area contributed by atoms with E-state index in [1.165, 1.54) is 18.1 Å². The first kappa shape index (κ1) is 22.9. The minimum Gasteiger partial charge on any atom is -0.468 e. The number of hydrogen-bond donors (Lipinski definition) is 2. The molecule has 0 aliphatic heterocycles. The number of carbonyl (C=O) groups excluding carboxylic acids is 3. The van der Waals surface area contributed by atoms with Crippen molar-refractivity contribution in [3.63, 3.8) is 0 Å². The fraction of sp³-hybridized carbons (Fsp3) is 0.474. The average Bonchev–Trinajstić information content (AvgIpc) is 2.81. The first-order valence-electron chi connectivity index (χ1n) is 8.77. The Kier molecular flexibility index (Phi) is 8.94. The van der Waals surface area contributed by atoms with Gasteiger partial charge in [-0.25, -0.2) is 4.79 Å². The molecule has 0 radical (unpaired) electrons. The highest BCUT2D eigenvalue weighted by Crippen LogP contribution is 2.08. The van der Waals surface area contributed by atoms with Crippen molar-refractivity contribution < 1.29 is 23.9 Å². The molecule has 0 fully saturated rings. The third-order valence-electron chi connectivity index (χ3n) is 3.36. The lowest BCUT2D eigenvalue weighted by molar-refractivity contribution is -0.141. The fourth-order valence-corrected chi connectivity index (χ4v) is 2.15. The van der Waals surface area contributed by atoms with Gasteiger partial charge in [-0.1, -0.05) is 18.2 Å². The van der Waals surface area contributed by atoms with Crippen LogP contribution in [-0.4, -0.2) is 56.9 Å². The zero-order valence-electron chi connectivity index (χ0n) is 16.6. The zero-order valence-corrected chi connectivity index (χ0v) is 16.6. The van der Waals surface area contributed by atoms with Gasteiger partial charge in [-0.2, -0.15) is 0 Å². The number of anilines is 1. The van der Waals surface area contributed by atoms with Gasteiger partial charge >= 0.3 is 12.1 Å². The highest BCUT2D eigenvalue weighted by molar-refractivity contribution is 5.85. The minimum atomic E-state index is -0.632. The molecule has 28 heavy (non-hydrogen) atoms. The molecule has 2 amide bonds. The van der Waals surface area contributed by atoms with Crippen LogP contribution < -0.4 is 21.0 Å². The summed E-state index contributed by atoms with van der Waals surface area (Å²) in [5.74, 6) is -1.05. The van der Waals surface area contributed by atoms with E-state index in [-0.39, 0.29) is 31.6 Å². The van der Waals surface area contributed by atoms with Gasteiger partial charge in [0.15, 0.2) is 0 Å². The van der Waals surface area contributed by atoms with E-state index in [1.54, 1.807) is 45.0 Å². The third-order valence-corrected chi connectivity index (χ3v) is 3.36. The predicted molar refractivity (Wildman–Crippen MR) is 104 cm³/mol. The van der Waals surface area contributed by atoms with Gasteiger partial charge in [0.25, 0.3) is 0 Å². The molecule has 0 atom stereocenters. The van der Waals surface area contributed by atoms with Crippen molar-refractivity contribution in [1.29, 1.82) is 0 Å². The number of alkyl carbamates (subject to hydrolysis) is 1. The van der Waals surface area contributed by atoms with Crippen LogP contribution in [0.1, 0.15) is 20.8 Å². The Bertz CT molecular complexity index is 745. The standard InChI is InChI=1S/C19H27N3O6/c1-19(2,3)28-18(26)20-10-11-22(13-16(24)21-12-17(25)27-4)14-8-6-5-7-9-15(14)23/h5-9H,10-13H2,1-4H3,(H,20,26)(H,21,24). The van der Waals surface area contributed by atoms with E-state index in [2.05, 4.69) is 15.4 Å². The molecule has 0 unspecified atom stereocenters. The maximum absolute atomic E-state index is 12.3. The molecule has 0 bridgehead atoms. The number of carbonyl (C=O) groups is 3. The van der Waals surface area contributed by atoms with E-state index >= 15 is 0 Å². The Hall–Kier alpha value is -3.10. The summed E-state index contributed by atoms with van der Waals surface area (Å²) in [5, 5.41) is 5.01. The summed E-state index contributed by atoms with van der Waals surface area (Å²) >= 11 is 0. The van der Waals surface area contributed by atoms with Gasteiger partial charge in [-0.15, -0.1) is 0 Å². The molecular weight excluding hydrogens is 366 g/mol. The molecule has 9 heteroatoms. The molecule has 0 aliphatic carbocycles. The summed E-state index contributed by atoms with van der Waals surface area (Å²) in [6.07, 6.45) is -0.594. The number of methoxy groups -OCH3 is 1. The van der Waals surface area contributed by atoms with E-state index < -0.39 is 23.6 Å². The normalized spacial score (nSPS) is 10.6. The first-order chi connectivity index (χ1) is 13.1. The lowest BCUT2D eigenvalue weighted by Crippen LogP contribution is -2.44. The number of amides is 2. The number of nitrogens with zero attached hydrogens (tertiary/aromatic N) is 1. The molecule has 0 saturated heterocycles. The van der Waals surface area contributed by atoms with E-state index in [4.69, 9.17) is 4.74 Å². The monoisotopic (exact) mass is 393 g/mol. The van der Waals surface area contributed by atoms with Gasteiger partial charge in [0, 0.05) is 13.1 Å². The van der Waals surface area contributed by atoms with Crippen molar-refractivity contribution in [2.24, 2.45) is 0 Å². The summed E-state index contributed by atoms with van der Waals surface area (Å²) in [6.45, 7) is 5.13. The van der Waals surface area contributed by atoms with Crippen LogP contribution >= 0.6 is 0 Å². The van der Waals surface area contributed by atoms with Gasteiger partial charge in [0.1, 0.15) is 12.1 Å². The lowest BCUT2D eigenvalue weighted by atomic mass is 10.2. The Morgan fingerprint density at radius 2 is 1.75 bits per heavy atom. The molecule has 2 N–H and O–H groups in total. The molecule has 1 aromatic carbocycles. The first-order valence-corrected chi connectivity index (χ1v) is 8.77. The molecule has 1 rings (SSSR count). The highest BCUT2D eigenvalue weighted by atomic mass is 16.6. The molecule has 0 aromatic heterocycles. The van der Waals surface area contributed by atoms with Crippen molar-refractivity contribution in [3.8, 4) is 0 Å². The number of esters is 1. The third kappa shape index (κ3) is 9.02.